The first-order valence-corrected chi connectivity index (χ1v) is 13.3. The maximum Gasteiger partial charge on any atom is 0.255 e. The van der Waals surface area contributed by atoms with Crippen LogP contribution < -0.4 is 20.5 Å². The fraction of sp³-hybridized carbons (Fsp3) is 0.344. The van der Waals surface area contributed by atoms with E-state index in [0.717, 1.165) is 46.7 Å². The Morgan fingerprint density at radius 3 is 2.49 bits per heavy atom. The average molecular weight is 526 g/mol. The molecule has 3 aromatic rings. The second-order valence-electron chi connectivity index (χ2n) is 11.5. The van der Waals surface area contributed by atoms with E-state index in [1.807, 2.05) is 25.1 Å². The molecule has 3 aromatic carbocycles. The molecule has 2 amide bonds. The number of carbonyl (C=O) groups is 2. The van der Waals surface area contributed by atoms with Gasteiger partial charge in [0, 0.05) is 35.2 Å². The molecule has 5 rings (SSSR count). The molecule has 39 heavy (non-hydrogen) atoms. The number of hydrogen-bond donors (Lipinski definition) is 2. The summed E-state index contributed by atoms with van der Waals surface area (Å²) in [5.41, 5.74) is 11.4. The van der Waals surface area contributed by atoms with Gasteiger partial charge >= 0.3 is 0 Å². The Morgan fingerprint density at radius 1 is 1.05 bits per heavy atom. The highest BCUT2D eigenvalue weighted by atomic mass is 16.5. The molecule has 0 fully saturated rings. The van der Waals surface area contributed by atoms with Crippen molar-refractivity contribution in [2.45, 2.75) is 65.0 Å². The van der Waals surface area contributed by atoms with E-state index < -0.39 is 5.91 Å². The zero-order valence-corrected chi connectivity index (χ0v) is 23.2. The summed E-state index contributed by atoms with van der Waals surface area (Å²) in [6.45, 7) is 11.0. The highest BCUT2D eigenvalue weighted by Crippen LogP contribution is 2.47. The molecule has 0 spiro atoms. The summed E-state index contributed by atoms with van der Waals surface area (Å²) in [4.78, 5) is 30.3. The Balaban J connectivity index is 1.55. The third-order valence-corrected chi connectivity index (χ3v) is 7.06. The SMILES string of the molecule is CCOc1cc2c(c3c1OC(C)(C)C3)C(Cc1ccc(C(N)=O)c(NC(=O)c3ccccc3)c1)=NC(C)(C)C2. The van der Waals surface area contributed by atoms with Crippen LogP contribution in [0, 0.1) is 0 Å². The quantitative estimate of drug-likeness (QED) is 0.424. The second-order valence-corrected chi connectivity index (χ2v) is 11.5. The lowest BCUT2D eigenvalue weighted by molar-refractivity contribution is 0.100. The number of aliphatic imine (C=N–C) groups is 1. The molecule has 0 aromatic heterocycles. The maximum absolute atomic E-state index is 12.9. The van der Waals surface area contributed by atoms with Crippen LogP contribution in [-0.4, -0.2) is 35.3 Å². The minimum atomic E-state index is -0.605. The number of benzene rings is 3. The van der Waals surface area contributed by atoms with Crippen molar-refractivity contribution in [3.63, 3.8) is 0 Å². The van der Waals surface area contributed by atoms with E-state index in [4.69, 9.17) is 20.2 Å². The predicted octanol–water partition coefficient (Wildman–Crippen LogP) is 5.52. The van der Waals surface area contributed by atoms with Crippen LogP contribution in [0.3, 0.4) is 0 Å². The van der Waals surface area contributed by atoms with Crippen molar-refractivity contribution in [1.29, 1.82) is 0 Å². The summed E-state index contributed by atoms with van der Waals surface area (Å²) >= 11 is 0. The van der Waals surface area contributed by atoms with Crippen molar-refractivity contribution >= 4 is 23.2 Å². The van der Waals surface area contributed by atoms with Crippen molar-refractivity contribution in [3.05, 3.63) is 88.0 Å². The van der Waals surface area contributed by atoms with Crippen molar-refractivity contribution in [1.82, 2.24) is 0 Å². The molecule has 0 saturated carbocycles. The standard InChI is InChI=1S/C32H35N3O4/c1-6-38-26-16-21-17-31(2,3)35-25(27(21)23-18-32(4,5)39-28(23)26)15-19-12-13-22(29(33)36)24(14-19)34-30(37)20-10-8-7-9-11-20/h7-14,16H,6,15,17-18H2,1-5H3,(H2,33,36)(H,34,37). The van der Waals surface area contributed by atoms with Crippen LogP contribution in [0.5, 0.6) is 11.5 Å². The smallest absolute Gasteiger partial charge is 0.255 e. The zero-order chi connectivity index (χ0) is 27.9. The minimum absolute atomic E-state index is 0.256. The Bertz CT molecular complexity index is 1490. The second kappa shape index (κ2) is 9.88. The summed E-state index contributed by atoms with van der Waals surface area (Å²) in [6, 6.07) is 16.3. The van der Waals surface area contributed by atoms with Gasteiger partial charge in [-0.15, -0.1) is 0 Å². The molecule has 3 N–H and O–H groups in total. The fourth-order valence-corrected chi connectivity index (χ4v) is 5.58. The highest BCUT2D eigenvalue weighted by molar-refractivity contribution is 6.10. The molecule has 7 heteroatoms. The number of carbonyl (C=O) groups excluding carboxylic acids is 2. The normalized spacial score (nSPS) is 16.4. The Hall–Kier alpha value is -4.13. The highest BCUT2D eigenvalue weighted by Gasteiger charge is 2.39. The van der Waals surface area contributed by atoms with Crippen LogP contribution in [-0.2, 0) is 19.3 Å². The molecule has 0 atom stereocenters. The van der Waals surface area contributed by atoms with Gasteiger partial charge in [0.2, 0.25) is 0 Å². The van der Waals surface area contributed by atoms with E-state index in [2.05, 4.69) is 39.1 Å². The van der Waals surface area contributed by atoms with Gasteiger partial charge in [0.25, 0.3) is 11.8 Å². The largest absolute Gasteiger partial charge is 0.490 e. The summed E-state index contributed by atoms with van der Waals surface area (Å²) < 4.78 is 12.4. The molecular weight excluding hydrogens is 490 g/mol. The summed E-state index contributed by atoms with van der Waals surface area (Å²) in [5.74, 6) is 0.669. The number of nitrogens with one attached hydrogen (secondary N) is 1. The molecule has 2 aliphatic heterocycles. The number of fused-ring (bicyclic) bond motifs is 3. The fourth-order valence-electron chi connectivity index (χ4n) is 5.58. The van der Waals surface area contributed by atoms with E-state index >= 15 is 0 Å². The molecule has 202 valence electrons. The van der Waals surface area contributed by atoms with E-state index in [0.29, 0.717) is 24.3 Å². The molecule has 0 aliphatic carbocycles. The van der Waals surface area contributed by atoms with Gasteiger partial charge in [0.05, 0.1) is 23.4 Å². The summed E-state index contributed by atoms with van der Waals surface area (Å²) in [5, 5.41) is 2.88. The van der Waals surface area contributed by atoms with E-state index in [-0.39, 0.29) is 22.6 Å². The minimum Gasteiger partial charge on any atom is -0.490 e. The number of amides is 2. The monoisotopic (exact) mass is 525 g/mol. The van der Waals surface area contributed by atoms with Crippen molar-refractivity contribution in [2.24, 2.45) is 10.7 Å². The van der Waals surface area contributed by atoms with Gasteiger partial charge in [0.15, 0.2) is 11.5 Å². The maximum atomic E-state index is 12.9. The number of anilines is 1. The van der Waals surface area contributed by atoms with Gasteiger partial charge in [-0.1, -0.05) is 24.3 Å². The summed E-state index contributed by atoms with van der Waals surface area (Å²) in [6.07, 6.45) is 2.06. The van der Waals surface area contributed by atoms with Gasteiger partial charge in [-0.2, -0.15) is 0 Å². The molecule has 2 heterocycles. The molecule has 0 unspecified atom stereocenters. The van der Waals surface area contributed by atoms with Crippen LogP contribution in [0.15, 0.2) is 59.6 Å². The molecule has 0 radical (unpaired) electrons. The van der Waals surface area contributed by atoms with Gasteiger partial charge in [-0.05, 0) is 82.5 Å². The number of primary amides is 1. The van der Waals surface area contributed by atoms with E-state index in [9.17, 15) is 9.59 Å². The topological polar surface area (TPSA) is 103 Å². The van der Waals surface area contributed by atoms with Crippen LogP contribution in [0.4, 0.5) is 5.69 Å². The summed E-state index contributed by atoms with van der Waals surface area (Å²) in [7, 11) is 0. The third kappa shape index (κ3) is 5.39. The van der Waals surface area contributed by atoms with Crippen molar-refractivity contribution < 1.29 is 19.1 Å². The van der Waals surface area contributed by atoms with Gasteiger partial charge < -0.3 is 20.5 Å². The first-order valence-electron chi connectivity index (χ1n) is 13.3. The van der Waals surface area contributed by atoms with Crippen molar-refractivity contribution in [3.8, 4) is 11.5 Å². The Morgan fingerprint density at radius 2 is 1.79 bits per heavy atom. The lowest BCUT2D eigenvalue weighted by Gasteiger charge is -2.31. The molecular formula is C32H35N3O4. The first kappa shape index (κ1) is 26.5. The van der Waals surface area contributed by atoms with Crippen LogP contribution in [0.25, 0.3) is 0 Å². The van der Waals surface area contributed by atoms with E-state index in [1.165, 1.54) is 5.56 Å². The Kier molecular flexibility index (Phi) is 6.70. The molecule has 0 bridgehead atoms. The molecule has 0 saturated heterocycles. The van der Waals surface area contributed by atoms with Gasteiger partial charge in [0.1, 0.15) is 5.60 Å². The first-order chi connectivity index (χ1) is 18.5. The molecule has 2 aliphatic rings. The van der Waals surface area contributed by atoms with Gasteiger partial charge in [-0.3, -0.25) is 14.6 Å². The number of nitrogens with zero attached hydrogens (tertiary/aromatic N) is 1. The van der Waals surface area contributed by atoms with Crippen LogP contribution in [0.1, 0.15) is 77.6 Å². The number of nitrogens with two attached hydrogens (primary N) is 1. The van der Waals surface area contributed by atoms with E-state index in [1.54, 1.807) is 30.3 Å². The predicted molar refractivity (Wildman–Crippen MR) is 153 cm³/mol. The van der Waals surface area contributed by atoms with Crippen LogP contribution in [0.2, 0.25) is 0 Å². The Labute approximate surface area is 229 Å². The lowest BCUT2D eigenvalue weighted by Crippen LogP contribution is -2.31. The molecule has 7 nitrogen and oxygen atoms in total. The third-order valence-electron chi connectivity index (χ3n) is 7.06. The van der Waals surface area contributed by atoms with Crippen LogP contribution >= 0.6 is 0 Å². The zero-order valence-electron chi connectivity index (χ0n) is 23.2. The number of hydrogen-bond acceptors (Lipinski definition) is 5. The average Bonchev–Trinajstić information content (AvgIpc) is 3.19. The lowest BCUT2D eigenvalue weighted by atomic mass is 9.81. The number of ether oxygens (including phenoxy) is 2. The van der Waals surface area contributed by atoms with Gasteiger partial charge in [-0.25, -0.2) is 0 Å². The van der Waals surface area contributed by atoms with Crippen molar-refractivity contribution in [2.75, 3.05) is 11.9 Å². The number of rotatable bonds is 7.